The van der Waals surface area contributed by atoms with Gasteiger partial charge in [-0.05, 0) is 12.0 Å². The summed E-state index contributed by atoms with van der Waals surface area (Å²) >= 11 is 0. The average Bonchev–Trinajstić information content (AvgIpc) is 2.38. The zero-order valence-electron chi connectivity index (χ0n) is 10.9. The van der Waals surface area contributed by atoms with Crippen molar-refractivity contribution in [3.05, 3.63) is 18.3 Å². The fourth-order valence-electron chi connectivity index (χ4n) is 1.90. The lowest BCUT2D eigenvalue weighted by molar-refractivity contribution is 0.114. The molecule has 4 heteroatoms. The van der Waals surface area contributed by atoms with Crippen LogP contribution in [-0.2, 0) is 0 Å². The number of hydrogen-bond donors (Lipinski definition) is 3. The number of aliphatic hydroxyl groups excluding tert-OH is 1. The average molecular weight is 237 g/mol. The molecule has 1 aromatic heterocycles. The Morgan fingerprint density at radius 1 is 1.35 bits per heavy atom. The van der Waals surface area contributed by atoms with Gasteiger partial charge in [-0.1, -0.05) is 26.7 Å². The molecule has 1 heterocycles. The summed E-state index contributed by atoms with van der Waals surface area (Å²) in [4.78, 5) is 4.14. The van der Waals surface area contributed by atoms with E-state index in [0.717, 1.165) is 24.3 Å². The largest absolute Gasteiger partial charge is 0.391 e. The molecule has 17 heavy (non-hydrogen) atoms. The van der Waals surface area contributed by atoms with Crippen molar-refractivity contribution in [1.29, 1.82) is 0 Å². The zero-order valence-corrected chi connectivity index (χ0v) is 10.9. The second-order valence-electron chi connectivity index (χ2n) is 4.20. The van der Waals surface area contributed by atoms with E-state index in [-0.39, 0.29) is 6.10 Å². The Kier molecular flexibility index (Phi) is 5.77. The number of hydrogen-bond acceptors (Lipinski definition) is 4. The van der Waals surface area contributed by atoms with Gasteiger partial charge in [0.05, 0.1) is 6.10 Å². The van der Waals surface area contributed by atoms with Crippen molar-refractivity contribution < 1.29 is 5.11 Å². The van der Waals surface area contributed by atoms with Gasteiger partial charge in [-0.3, -0.25) is 0 Å². The van der Waals surface area contributed by atoms with Crippen molar-refractivity contribution in [3.63, 3.8) is 0 Å². The normalized spacial score (nSPS) is 12.5. The van der Waals surface area contributed by atoms with Gasteiger partial charge in [0, 0.05) is 31.5 Å². The van der Waals surface area contributed by atoms with Crippen LogP contribution in [0.5, 0.6) is 0 Å². The summed E-state index contributed by atoms with van der Waals surface area (Å²) in [6, 6.07) is 3.83. The van der Waals surface area contributed by atoms with E-state index in [0.29, 0.717) is 12.5 Å². The van der Waals surface area contributed by atoms with Gasteiger partial charge in [0.2, 0.25) is 0 Å². The smallest absolute Gasteiger partial charge is 0.127 e. The molecule has 0 aliphatic carbocycles. The van der Waals surface area contributed by atoms with E-state index in [2.05, 4.69) is 29.5 Å². The zero-order chi connectivity index (χ0) is 12.7. The predicted molar refractivity (Wildman–Crippen MR) is 72.4 cm³/mol. The SMILES string of the molecule is CCC(CC)C(O)CNc1ccnc(NC)c1. The molecule has 96 valence electrons. The molecule has 0 saturated carbocycles. The Labute approximate surface area is 103 Å². The van der Waals surface area contributed by atoms with Crippen molar-refractivity contribution in [3.8, 4) is 0 Å². The van der Waals surface area contributed by atoms with Crippen LogP contribution in [0.3, 0.4) is 0 Å². The summed E-state index contributed by atoms with van der Waals surface area (Å²) in [5.74, 6) is 1.19. The summed E-state index contributed by atoms with van der Waals surface area (Å²) < 4.78 is 0. The Balaban J connectivity index is 2.49. The predicted octanol–water partition coefficient (Wildman–Crippen LogP) is 2.33. The van der Waals surface area contributed by atoms with Gasteiger partial charge in [0.1, 0.15) is 5.82 Å². The Bertz CT molecular complexity index is 326. The first-order valence-electron chi connectivity index (χ1n) is 6.27. The molecule has 0 fully saturated rings. The third-order valence-corrected chi connectivity index (χ3v) is 3.12. The first kappa shape index (κ1) is 13.8. The lowest BCUT2D eigenvalue weighted by atomic mass is 9.96. The molecule has 4 nitrogen and oxygen atoms in total. The molecule has 1 rings (SSSR count). The maximum Gasteiger partial charge on any atom is 0.127 e. The molecule has 0 saturated heterocycles. The molecule has 0 aliphatic heterocycles. The summed E-state index contributed by atoms with van der Waals surface area (Å²) in [7, 11) is 1.84. The number of rotatable bonds is 7. The van der Waals surface area contributed by atoms with Gasteiger partial charge in [0.15, 0.2) is 0 Å². The van der Waals surface area contributed by atoms with Crippen LogP contribution >= 0.6 is 0 Å². The molecule has 0 aromatic carbocycles. The highest BCUT2D eigenvalue weighted by atomic mass is 16.3. The first-order chi connectivity index (χ1) is 8.21. The van der Waals surface area contributed by atoms with Gasteiger partial charge >= 0.3 is 0 Å². The van der Waals surface area contributed by atoms with Crippen LogP contribution in [0.15, 0.2) is 18.3 Å². The Morgan fingerprint density at radius 2 is 2.06 bits per heavy atom. The molecule has 3 N–H and O–H groups in total. The summed E-state index contributed by atoms with van der Waals surface area (Å²) in [6.45, 7) is 4.81. The highest BCUT2D eigenvalue weighted by molar-refractivity contribution is 5.51. The van der Waals surface area contributed by atoms with Crippen molar-refractivity contribution in [1.82, 2.24) is 4.98 Å². The number of aliphatic hydroxyl groups is 1. The van der Waals surface area contributed by atoms with Gasteiger partial charge in [0.25, 0.3) is 0 Å². The van der Waals surface area contributed by atoms with Crippen LogP contribution in [0.1, 0.15) is 26.7 Å². The van der Waals surface area contributed by atoms with E-state index in [4.69, 9.17) is 0 Å². The minimum atomic E-state index is -0.295. The maximum atomic E-state index is 10.0. The Hall–Kier alpha value is -1.29. The van der Waals surface area contributed by atoms with Crippen molar-refractivity contribution >= 4 is 11.5 Å². The van der Waals surface area contributed by atoms with Crippen LogP contribution in [-0.4, -0.2) is 29.8 Å². The lowest BCUT2D eigenvalue weighted by Crippen LogP contribution is -2.27. The molecule has 0 bridgehead atoms. The molecule has 1 aromatic rings. The van der Waals surface area contributed by atoms with Crippen molar-refractivity contribution in [2.75, 3.05) is 24.2 Å². The number of aromatic nitrogens is 1. The highest BCUT2D eigenvalue weighted by Gasteiger charge is 2.14. The molecule has 0 aliphatic rings. The van der Waals surface area contributed by atoms with Crippen LogP contribution in [0.2, 0.25) is 0 Å². The van der Waals surface area contributed by atoms with E-state index in [1.807, 2.05) is 19.2 Å². The van der Waals surface area contributed by atoms with Gasteiger partial charge < -0.3 is 15.7 Å². The van der Waals surface area contributed by atoms with E-state index in [9.17, 15) is 5.11 Å². The number of anilines is 2. The Morgan fingerprint density at radius 3 is 2.65 bits per heavy atom. The van der Waals surface area contributed by atoms with Gasteiger partial charge in [-0.15, -0.1) is 0 Å². The first-order valence-corrected chi connectivity index (χ1v) is 6.27. The fraction of sp³-hybridized carbons (Fsp3) is 0.615. The second kappa shape index (κ2) is 7.12. The summed E-state index contributed by atoms with van der Waals surface area (Å²) in [5, 5.41) is 16.2. The molecular weight excluding hydrogens is 214 g/mol. The van der Waals surface area contributed by atoms with Crippen molar-refractivity contribution in [2.45, 2.75) is 32.8 Å². The number of pyridine rings is 1. The number of nitrogens with zero attached hydrogens (tertiary/aromatic N) is 1. The lowest BCUT2D eigenvalue weighted by Gasteiger charge is -2.20. The van der Waals surface area contributed by atoms with Crippen LogP contribution in [0.25, 0.3) is 0 Å². The quantitative estimate of drug-likeness (QED) is 0.681. The van der Waals surface area contributed by atoms with E-state index < -0.39 is 0 Å². The van der Waals surface area contributed by atoms with Crippen LogP contribution in [0, 0.1) is 5.92 Å². The summed E-state index contributed by atoms with van der Waals surface area (Å²) in [5.41, 5.74) is 0.981. The topological polar surface area (TPSA) is 57.2 Å². The minimum absolute atomic E-state index is 0.295. The maximum absolute atomic E-state index is 10.0. The van der Waals surface area contributed by atoms with Crippen molar-refractivity contribution in [2.24, 2.45) is 5.92 Å². The van der Waals surface area contributed by atoms with Gasteiger partial charge in [-0.2, -0.15) is 0 Å². The van der Waals surface area contributed by atoms with E-state index in [1.54, 1.807) is 6.20 Å². The third-order valence-electron chi connectivity index (χ3n) is 3.12. The monoisotopic (exact) mass is 237 g/mol. The highest BCUT2D eigenvalue weighted by Crippen LogP contribution is 2.15. The molecule has 0 radical (unpaired) electrons. The second-order valence-corrected chi connectivity index (χ2v) is 4.20. The van der Waals surface area contributed by atoms with Crippen LogP contribution in [0.4, 0.5) is 11.5 Å². The van der Waals surface area contributed by atoms with E-state index in [1.165, 1.54) is 0 Å². The minimum Gasteiger partial charge on any atom is -0.391 e. The molecule has 1 unspecified atom stereocenters. The standard InChI is InChI=1S/C13H23N3O/c1-4-10(5-2)12(17)9-16-11-6-7-15-13(8-11)14-3/h6-8,10,12,17H,4-5,9H2,1-3H3,(H2,14,15,16). The molecule has 0 amide bonds. The molecule has 0 spiro atoms. The van der Waals surface area contributed by atoms with Crippen LogP contribution < -0.4 is 10.6 Å². The molecular formula is C13H23N3O. The third kappa shape index (κ3) is 4.23. The fourth-order valence-corrected chi connectivity index (χ4v) is 1.90. The molecule has 1 atom stereocenters. The number of nitrogens with one attached hydrogen (secondary N) is 2. The summed E-state index contributed by atoms with van der Waals surface area (Å²) in [6.07, 6.45) is 3.48. The van der Waals surface area contributed by atoms with Gasteiger partial charge in [-0.25, -0.2) is 4.98 Å². The van der Waals surface area contributed by atoms with E-state index >= 15 is 0 Å².